The first-order valence-electron chi connectivity index (χ1n) is 5.88. The van der Waals surface area contributed by atoms with Gasteiger partial charge < -0.3 is 15.5 Å². The monoisotopic (exact) mass is 296 g/mol. The number of anilines is 1. The second-order valence-corrected chi connectivity index (χ2v) is 4.84. The van der Waals surface area contributed by atoms with Crippen molar-refractivity contribution in [3.05, 3.63) is 36.0 Å². The van der Waals surface area contributed by atoms with E-state index in [0.29, 0.717) is 16.9 Å². The highest BCUT2D eigenvalue weighted by atomic mass is 32.2. The summed E-state index contributed by atoms with van der Waals surface area (Å²) in [7, 11) is 0. The maximum atomic E-state index is 13.3. The van der Waals surface area contributed by atoms with Crippen LogP contribution in [0.5, 0.6) is 0 Å². The summed E-state index contributed by atoms with van der Waals surface area (Å²) in [5.74, 6) is 0.0643. The van der Waals surface area contributed by atoms with Gasteiger partial charge in [-0.05, 0) is 12.1 Å². The number of amides is 1. The van der Waals surface area contributed by atoms with Crippen LogP contribution in [0, 0.1) is 5.82 Å². The lowest BCUT2D eigenvalue weighted by molar-refractivity contribution is -0.115. The molecule has 0 saturated heterocycles. The lowest BCUT2D eigenvalue weighted by Crippen LogP contribution is -2.13. The van der Waals surface area contributed by atoms with E-state index in [9.17, 15) is 9.18 Å². The summed E-state index contributed by atoms with van der Waals surface area (Å²) in [5, 5.41) is 10.3. The van der Waals surface area contributed by atoms with Crippen molar-refractivity contribution < 1.29 is 13.6 Å². The second-order valence-electron chi connectivity index (χ2n) is 3.79. The molecule has 0 radical (unpaired) electrons. The van der Waals surface area contributed by atoms with E-state index in [1.807, 2.05) is 0 Å². The third-order valence-electron chi connectivity index (χ3n) is 2.33. The standard InChI is InChI=1S/C12H13FN4O2S/c13-8-3-1-2-4-9(8)15-10(18)5-6-20-12-17-16-11(7-14)19-12/h1-4H,5-7,14H2,(H,15,18). The molecule has 0 aliphatic heterocycles. The third-order valence-corrected chi connectivity index (χ3v) is 3.15. The summed E-state index contributed by atoms with van der Waals surface area (Å²) in [6.07, 6.45) is 0.208. The number of hydrogen-bond donors (Lipinski definition) is 2. The van der Waals surface area contributed by atoms with Crippen LogP contribution >= 0.6 is 11.8 Å². The van der Waals surface area contributed by atoms with Crippen LogP contribution in [-0.2, 0) is 11.3 Å². The Kier molecular flexibility index (Phi) is 5.08. The molecule has 2 aromatic rings. The predicted molar refractivity (Wildman–Crippen MR) is 72.6 cm³/mol. The molecule has 20 heavy (non-hydrogen) atoms. The zero-order valence-electron chi connectivity index (χ0n) is 10.5. The normalized spacial score (nSPS) is 10.5. The van der Waals surface area contributed by atoms with Crippen LogP contribution in [0.3, 0.4) is 0 Å². The molecule has 0 atom stereocenters. The smallest absolute Gasteiger partial charge is 0.276 e. The van der Waals surface area contributed by atoms with E-state index in [2.05, 4.69) is 15.5 Å². The number of nitrogens with zero attached hydrogens (tertiary/aromatic N) is 2. The maximum absolute atomic E-state index is 13.3. The van der Waals surface area contributed by atoms with Gasteiger partial charge in [-0.3, -0.25) is 4.79 Å². The molecular weight excluding hydrogens is 283 g/mol. The van der Waals surface area contributed by atoms with Crippen LogP contribution in [0.1, 0.15) is 12.3 Å². The summed E-state index contributed by atoms with van der Waals surface area (Å²) in [4.78, 5) is 11.6. The van der Waals surface area contributed by atoms with Crippen molar-refractivity contribution in [1.82, 2.24) is 10.2 Å². The largest absolute Gasteiger partial charge is 0.415 e. The van der Waals surface area contributed by atoms with E-state index >= 15 is 0 Å². The predicted octanol–water partition coefficient (Wildman–Crippen LogP) is 1.79. The Bertz CT molecular complexity index is 590. The van der Waals surface area contributed by atoms with E-state index in [-0.39, 0.29) is 24.6 Å². The van der Waals surface area contributed by atoms with E-state index in [1.165, 1.54) is 23.9 Å². The fraction of sp³-hybridized carbons (Fsp3) is 0.250. The van der Waals surface area contributed by atoms with Crippen molar-refractivity contribution >= 4 is 23.4 Å². The number of carbonyl (C=O) groups excluding carboxylic acids is 1. The number of thioether (sulfide) groups is 1. The van der Waals surface area contributed by atoms with Crippen molar-refractivity contribution in [3.63, 3.8) is 0 Å². The third kappa shape index (κ3) is 4.04. The van der Waals surface area contributed by atoms with Crippen molar-refractivity contribution in [1.29, 1.82) is 0 Å². The molecule has 1 heterocycles. The second kappa shape index (κ2) is 7.01. The van der Waals surface area contributed by atoms with Crippen molar-refractivity contribution in [2.45, 2.75) is 18.2 Å². The maximum Gasteiger partial charge on any atom is 0.276 e. The SMILES string of the molecule is NCc1nnc(SCCC(=O)Nc2ccccc2F)o1. The summed E-state index contributed by atoms with van der Waals surface area (Å²) in [6, 6.07) is 6.01. The van der Waals surface area contributed by atoms with E-state index in [1.54, 1.807) is 12.1 Å². The fourth-order valence-electron chi connectivity index (χ4n) is 1.39. The summed E-state index contributed by atoms with van der Waals surface area (Å²) < 4.78 is 18.5. The summed E-state index contributed by atoms with van der Waals surface area (Å²) in [6.45, 7) is 0.182. The lowest BCUT2D eigenvalue weighted by Gasteiger charge is -2.05. The van der Waals surface area contributed by atoms with Gasteiger partial charge in [-0.2, -0.15) is 0 Å². The highest BCUT2D eigenvalue weighted by molar-refractivity contribution is 7.99. The molecule has 3 N–H and O–H groups in total. The molecule has 0 aliphatic rings. The number of halogens is 1. The first-order chi connectivity index (χ1) is 9.69. The minimum atomic E-state index is -0.460. The summed E-state index contributed by atoms with van der Waals surface area (Å²) in [5.41, 5.74) is 5.51. The molecule has 0 unspecified atom stereocenters. The molecule has 0 spiro atoms. The van der Waals surface area contributed by atoms with Crippen LogP contribution in [-0.4, -0.2) is 21.9 Å². The molecule has 0 aliphatic carbocycles. The van der Waals surface area contributed by atoms with Gasteiger partial charge in [-0.15, -0.1) is 10.2 Å². The number of nitrogens with two attached hydrogens (primary N) is 1. The Morgan fingerprint density at radius 2 is 2.20 bits per heavy atom. The molecule has 8 heteroatoms. The number of nitrogens with one attached hydrogen (secondary N) is 1. The molecule has 1 aromatic carbocycles. The van der Waals surface area contributed by atoms with Gasteiger partial charge in [0.05, 0.1) is 12.2 Å². The Labute approximate surface area is 118 Å². The highest BCUT2D eigenvalue weighted by Crippen LogP contribution is 2.18. The molecule has 1 aromatic heterocycles. The molecule has 0 saturated carbocycles. The van der Waals surface area contributed by atoms with Gasteiger partial charge in [0.25, 0.3) is 5.22 Å². The van der Waals surface area contributed by atoms with Crippen LogP contribution in [0.2, 0.25) is 0 Å². The van der Waals surface area contributed by atoms with Crippen LogP contribution in [0.4, 0.5) is 10.1 Å². The zero-order chi connectivity index (χ0) is 14.4. The van der Waals surface area contributed by atoms with Gasteiger partial charge in [0, 0.05) is 12.2 Å². The minimum absolute atomic E-state index is 0.172. The van der Waals surface area contributed by atoms with E-state index in [0.717, 1.165) is 0 Å². The van der Waals surface area contributed by atoms with Gasteiger partial charge in [-0.25, -0.2) is 4.39 Å². The highest BCUT2D eigenvalue weighted by Gasteiger charge is 2.09. The molecule has 1 amide bonds. The number of aromatic nitrogens is 2. The Balaban J connectivity index is 1.77. The van der Waals surface area contributed by atoms with Crippen LogP contribution in [0.25, 0.3) is 0 Å². The van der Waals surface area contributed by atoms with E-state index < -0.39 is 5.82 Å². The van der Waals surface area contributed by atoms with Gasteiger partial charge in [0.2, 0.25) is 11.8 Å². The average Bonchev–Trinajstić information content (AvgIpc) is 2.89. The number of rotatable bonds is 6. The van der Waals surface area contributed by atoms with Crippen molar-refractivity contribution in [3.8, 4) is 0 Å². The molecule has 106 valence electrons. The number of hydrogen-bond acceptors (Lipinski definition) is 6. The number of benzene rings is 1. The quantitative estimate of drug-likeness (QED) is 0.789. The van der Waals surface area contributed by atoms with Crippen LogP contribution in [0.15, 0.2) is 33.9 Å². The first-order valence-corrected chi connectivity index (χ1v) is 6.87. The Hall–Kier alpha value is -1.93. The van der Waals surface area contributed by atoms with Gasteiger partial charge in [0.1, 0.15) is 5.82 Å². The van der Waals surface area contributed by atoms with E-state index in [4.69, 9.17) is 10.2 Å². The van der Waals surface area contributed by atoms with Crippen LogP contribution < -0.4 is 11.1 Å². The molecule has 2 rings (SSSR count). The fourth-order valence-corrected chi connectivity index (χ4v) is 2.10. The zero-order valence-corrected chi connectivity index (χ0v) is 11.3. The van der Waals surface area contributed by atoms with Gasteiger partial charge in [0.15, 0.2) is 0 Å². The van der Waals surface area contributed by atoms with Gasteiger partial charge in [-0.1, -0.05) is 23.9 Å². The lowest BCUT2D eigenvalue weighted by atomic mass is 10.3. The Morgan fingerprint density at radius 1 is 1.40 bits per heavy atom. The Morgan fingerprint density at radius 3 is 2.90 bits per heavy atom. The average molecular weight is 296 g/mol. The van der Waals surface area contributed by atoms with Gasteiger partial charge >= 0.3 is 0 Å². The number of para-hydroxylation sites is 1. The number of carbonyl (C=O) groups is 1. The summed E-state index contributed by atoms with van der Waals surface area (Å²) >= 11 is 1.25. The molecular formula is C12H13FN4O2S. The molecule has 0 fully saturated rings. The minimum Gasteiger partial charge on any atom is -0.415 e. The molecule has 0 bridgehead atoms. The topological polar surface area (TPSA) is 94.0 Å². The van der Waals surface area contributed by atoms with Crippen molar-refractivity contribution in [2.24, 2.45) is 5.73 Å². The first kappa shape index (κ1) is 14.5. The van der Waals surface area contributed by atoms with Crippen molar-refractivity contribution in [2.75, 3.05) is 11.1 Å². The molecule has 6 nitrogen and oxygen atoms in total.